The van der Waals surface area contributed by atoms with E-state index in [1.807, 2.05) is 65.0 Å². The van der Waals surface area contributed by atoms with Crippen LogP contribution in [0.25, 0.3) is 0 Å². The Bertz CT molecular complexity index is 1630. The van der Waals surface area contributed by atoms with Crippen LogP contribution in [-0.2, 0) is 33.5 Å². The number of benzene rings is 2. The maximum Gasteiger partial charge on any atom is 0.407 e. The third-order valence-electron chi connectivity index (χ3n) is 9.19. The Morgan fingerprint density at radius 3 is 2.02 bits per heavy atom. The first-order valence-electron chi connectivity index (χ1n) is 18.4. The molecule has 0 aromatic heterocycles. The van der Waals surface area contributed by atoms with Crippen molar-refractivity contribution in [1.29, 1.82) is 0 Å². The average molecular weight is 749 g/mol. The van der Waals surface area contributed by atoms with Crippen molar-refractivity contribution in [3.8, 4) is 0 Å². The molecule has 1 fully saturated rings. The molecule has 2 aromatic rings. The van der Waals surface area contributed by atoms with E-state index in [-0.39, 0.29) is 37.8 Å². The fraction of sp³-hybridized carbons (Fsp3) is 0.525. The van der Waals surface area contributed by atoms with Gasteiger partial charge in [-0.05, 0) is 35.3 Å². The first kappa shape index (κ1) is 43.1. The van der Waals surface area contributed by atoms with Crippen molar-refractivity contribution in [1.82, 2.24) is 31.1 Å². The molecule has 0 aliphatic carbocycles. The van der Waals surface area contributed by atoms with Crippen molar-refractivity contribution in [2.24, 2.45) is 11.3 Å². The molecule has 0 bridgehead atoms. The maximum absolute atomic E-state index is 14.4. The van der Waals surface area contributed by atoms with Crippen LogP contribution in [-0.4, -0.2) is 103 Å². The number of ketones is 1. The molecule has 5 atom stereocenters. The zero-order chi connectivity index (χ0) is 40.2. The highest BCUT2D eigenvalue weighted by Crippen LogP contribution is 2.36. The van der Waals surface area contributed by atoms with Gasteiger partial charge in [-0.3, -0.25) is 28.8 Å². The van der Waals surface area contributed by atoms with Gasteiger partial charge in [-0.2, -0.15) is 0 Å². The lowest BCUT2D eigenvalue weighted by atomic mass is 9.90. The summed E-state index contributed by atoms with van der Waals surface area (Å²) in [5.74, 6) is -4.63. The second kappa shape index (κ2) is 19.7. The Morgan fingerprint density at radius 2 is 1.46 bits per heavy atom. The quantitative estimate of drug-likeness (QED) is 0.178. The van der Waals surface area contributed by atoms with Crippen LogP contribution in [0.4, 0.5) is 4.79 Å². The van der Waals surface area contributed by atoms with E-state index in [1.54, 1.807) is 51.4 Å². The summed E-state index contributed by atoms with van der Waals surface area (Å²) in [6.07, 6.45) is 0.0758. The number of carbonyl (C=O) groups is 7. The molecule has 294 valence electrons. The van der Waals surface area contributed by atoms with Gasteiger partial charge in [0.1, 0.15) is 18.1 Å². The van der Waals surface area contributed by atoms with Gasteiger partial charge in [-0.1, -0.05) is 109 Å². The Hall–Kier alpha value is -5.27. The number of likely N-dealkylation sites (N-methyl/N-ethyl adjacent to an activating group) is 1. The van der Waals surface area contributed by atoms with Gasteiger partial charge in [-0.15, -0.1) is 0 Å². The molecular weight excluding hydrogens is 692 g/mol. The number of alkyl carbamates (subject to hydrolysis) is 1. The molecule has 1 aliphatic rings. The molecule has 1 aliphatic heterocycles. The number of amides is 6. The van der Waals surface area contributed by atoms with Crippen molar-refractivity contribution in [3.05, 3.63) is 71.8 Å². The third-order valence-corrected chi connectivity index (χ3v) is 9.19. The van der Waals surface area contributed by atoms with Crippen LogP contribution >= 0.6 is 0 Å². The van der Waals surface area contributed by atoms with Gasteiger partial charge in [0.15, 0.2) is 0 Å². The second-order valence-electron chi connectivity index (χ2n) is 15.2. The Balaban J connectivity index is 1.75. The molecule has 54 heavy (non-hydrogen) atoms. The number of nitrogens with one attached hydrogen (secondary N) is 4. The SMILES string of the molecule is CCCC(NC(=O)C1CC(C)(C)CN1C(=O)C(NC(=O)OCC(C)C)C(C)c1ccccc1)C(=O)C(=O)NCC(=O)NC(C(=O)N(C)C)c1ccccc1. The number of nitrogens with zero attached hydrogens (tertiary/aromatic N) is 2. The summed E-state index contributed by atoms with van der Waals surface area (Å²) in [5.41, 5.74) is 0.854. The highest BCUT2D eigenvalue weighted by Gasteiger charge is 2.47. The van der Waals surface area contributed by atoms with Crippen molar-refractivity contribution in [2.75, 3.05) is 33.8 Å². The van der Waals surface area contributed by atoms with Gasteiger partial charge in [-0.25, -0.2) is 4.79 Å². The summed E-state index contributed by atoms with van der Waals surface area (Å²) in [6, 6.07) is 13.5. The van der Waals surface area contributed by atoms with Gasteiger partial charge in [0.2, 0.25) is 29.4 Å². The molecule has 6 amide bonds. The zero-order valence-corrected chi connectivity index (χ0v) is 32.6. The van der Waals surface area contributed by atoms with Gasteiger partial charge in [0, 0.05) is 26.6 Å². The number of ether oxygens (including phenoxy) is 1. The summed E-state index contributed by atoms with van der Waals surface area (Å²) in [7, 11) is 3.11. The summed E-state index contributed by atoms with van der Waals surface area (Å²) in [4.78, 5) is 96.1. The van der Waals surface area contributed by atoms with E-state index < -0.39 is 77.6 Å². The zero-order valence-electron chi connectivity index (χ0n) is 32.6. The van der Waals surface area contributed by atoms with Crippen LogP contribution in [0, 0.1) is 11.3 Å². The maximum atomic E-state index is 14.4. The minimum atomic E-state index is -1.23. The molecule has 1 heterocycles. The summed E-state index contributed by atoms with van der Waals surface area (Å²) < 4.78 is 5.35. The molecule has 1 saturated heterocycles. The Kier molecular flexibility index (Phi) is 15.7. The molecule has 0 spiro atoms. The monoisotopic (exact) mass is 748 g/mol. The minimum absolute atomic E-state index is 0.0765. The normalized spacial score (nSPS) is 17.0. The lowest BCUT2D eigenvalue weighted by Crippen LogP contribution is -2.57. The van der Waals surface area contributed by atoms with Gasteiger partial charge in [0.25, 0.3) is 5.91 Å². The number of rotatable bonds is 17. The van der Waals surface area contributed by atoms with Crippen molar-refractivity contribution in [3.63, 3.8) is 0 Å². The summed E-state index contributed by atoms with van der Waals surface area (Å²) in [6.45, 7) is 11.0. The highest BCUT2D eigenvalue weighted by molar-refractivity contribution is 6.38. The second-order valence-corrected chi connectivity index (χ2v) is 15.2. The van der Waals surface area contributed by atoms with E-state index >= 15 is 0 Å². The van der Waals surface area contributed by atoms with E-state index in [1.165, 1.54) is 9.80 Å². The van der Waals surface area contributed by atoms with E-state index in [2.05, 4.69) is 21.3 Å². The molecular formula is C40H56N6O8. The third kappa shape index (κ3) is 12.1. The van der Waals surface area contributed by atoms with Crippen LogP contribution in [0.15, 0.2) is 60.7 Å². The van der Waals surface area contributed by atoms with Gasteiger partial charge in [0.05, 0.1) is 19.2 Å². The molecule has 4 N–H and O–H groups in total. The number of hydrogen-bond acceptors (Lipinski definition) is 8. The minimum Gasteiger partial charge on any atom is -0.449 e. The molecule has 3 rings (SSSR count). The van der Waals surface area contributed by atoms with Crippen LogP contribution in [0.5, 0.6) is 0 Å². The van der Waals surface area contributed by atoms with Crippen molar-refractivity contribution in [2.45, 2.75) is 90.9 Å². The number of carbonyl (C=O) groups excluding carboxylic acids is 7. The lowest BCUT2D eigenvalue weighted by molar-refractivity contribution is -0.143. The van der Waals surface area contributed by atoms with Gasteiger partial charge >= 0.3 is 6.09 Å². The smallest absolute Gasteiger partial charge is 0.407 e. The number of Topliss-reactive ketones (excluding diaryl/α,β-unsaturated/α-hetero) is 1. The first-order chi connectivity index (χ1) is 25.4. The molecule has 2 aromatic carbocycles. The fourth-order valence-corrected chi connectivity index (χ4v) is 6.31. The molecule has 5 unspecified atom stereocenters. The van der Waals surface area contributed by atoms with Crippen LogP contribution in [0.3, 0.4) is 0 Å². The van der Waals surface area contributed by atoms with Crippen LogP contribution in [0.2, 0.25) is 0 Å². The number of hydrogen-bond donors (Lipinski definition) is 4. The predicted octanol–water partition coefficient (Wildman–Crippen LogP) is 3.08. The topological polar surface area (TPSA) is 183 Å². The Morgan fingerprint density at radius 1 is 0.870 bits per heavy atom. The molecule has 0 saturated carbocycles. The van der Waals surface area contributed by atoms with Crippen molar-refractivity contribution >= 4 is 41.4 Å². The predicted molar refractivity (Wildman–Crippen MR) is 203 cm³/mol. The average Bonchev–Trinajstić information content (AvgIpc) is 3.48. The van der Waals surface area contributed by atoms with E-state index in [9.17, 15) is 33.6 Å². The van der Waals surface area contributed by atoms with E-state index in [0.717, 1.165) is 5.56 Å². The first-order valence-corrected chi connectivity index (χ1v) is 18.4. The van der Waals surface area contributed by atoms with E-state index in [0.29, 0.717) is 12.0 Å². The molecule has 14 heteroatoms. The standard InChI is InChI=1S/C40H56N6O8/c1-9-16-29(34(48)36(50)41-22-31(47)43-33(37(51)45(7)8)28-19-14-11-15-20-28)42-35(49)30-21-40(5,6)24-46(30)38(52)32(44-39(53)54-23-25(2)3)26(4)27-17-12-10-13-18-27/h10-15,17-20,25-26,29-30,32-33H,9,16,21-24H2,1-8H3,(H,41,50)(H,42,49)(H,43,47)(H,44,53). The van der Waals surface area contributed by atoms with Crippen molar-refractivity contribution < 1.29 is 38.3 Å². The van der Waals surface area contributed by atoms with E-state index in [4.69, 9.17) is 4.74 Å². The van der Waals surface area contributed by atoms with Crippen LogP contribution < -0.4 is 21.3 Å². The fourth-order valence-electron chi connectivity index (χ4n) is 6.31. The molecule has 0 radical (unpaired) electrons. The Labute approximate surface area is 318 Å². The largest absolute Gasteiger partial charge is 0.449 e. The van der Waals surface area contributed by atoms with Gasteiger partial charge < -0.3 is 35.8 Å². The highest BCUT2D eigenvalue weighted by atomic mass is 16.5. The molecule has 14 nitrogen and oxygen atoms in total. The lowest BCUT2D eigenvalue weighted by Gasteiger charge is -2.32. The summed E-state index contributed by atoms with van der Waals surface area (Å²) in [5, 5.41) is 10.4. The summed E-state index contributed by atoms with van der Waals surface area (Å²) >= 11 is 0. The number of likely N-dealkylation sites (tertiary alicyclic amines) is 1. The van der Waals surface area contributed by atoms with Crippen LogP contribution in [0.1, 0.15) is 83.9 Å².